The maximum absolute atomic E-state index is 14.3. The summed E-state index contributed by atoms with van der Waals surface area (Å²) in [6, 6.07) is 3.57. The van der Waals surface area contributed by atoms with Crippen LogP contribution in [0.4, 0.5) is 36.4 Å². The van der Waals surface area contributed by atoms with Crippen LogP contribution in [0.5, 0.6) is 0 Å². The van der Waals surface area contributed by atoms with Gasteiger partial charge in [-0.15, -0.1) is 11.3 Å². The lowest BCUT2D eigenvalue weighted by Crippen LogP contribution is -2.50. The van der Waals surface area contributed by atoms with Crippen molar-refractivity contribution in [2.24, 2.45) is 0 Å². The second-order valence-electron chi connectivity index (χ2n) is 6.09. The van der Waals surface area contributed by atoms with E-state index in [2.05, 4.69) is 5.32 Å². The summed E-state index contributed by atoms with van der Waals surface area (Å²) in [7, 11) is 0. The van der Waals surface area contributed by atoms with Crippen LogP contribution in [0.3, 0.4) is 0 Å². The number of nitriles is 1. The molecule has 0 bridgehead atoms. The Kier molecular flexibility index (Phi) is 7.51. The van der Waals surface area contributed by atoms with Crippen LogP contribution in [0.2, 0.25) is 10.0 Å². The van der Waals surface area contributed by atoms with Crippen molar-refractivity contribution in [2.75, 3.05) is 5.32 Å². The topological polar surface area (TPSA) is 79.9 Å². The molecule has 4 nitrogen and oxygen atoms in total. The van der Waals surface area contributed by atoms with Crippen molar-refractivity contribution in [2.45, 2.75) is 24.6 Å². The first-order chi connectivity index (χ1) is 14.7. The van der Waals surface area contributed by atoms with E-state index < -0.39 is 40.2 Å². The van der Waals surface area contributed by atoms with Crippen LogP contribution < -0.4 is 5.32 Å². The molecule has 2 aromatic rings. The molecule has 32 heavy (non-hydrogen) atoms. The molecule has 0 amide bonds. The number of allylic oxidation sites excluding steroid dienone is 1. The number of nitrogens with zero attached hydrogens (tertiary/aromatic N) is 1. The van der Waals surface area contributed by atoms with Crippen LogP contribution in [0.15, 0.2) is 24.4 Å². The van der Waals surface area contributed by atoms with Crippen LogP contribution in [0.25, 0.3) is 5.57 Å². The predicted octanol–water partition coefficient (Wildman–Crippen LogP) is 6.81. The minimum atomic E-state index is -6.33. The third-order valence-electron chi connectivity index (χ3n) is 4.11. The number of nitrogens with one attached hydrogen (secondary N) is 2. The van der Waals surface area contributed by atoms with Crippen molar-refractivity contribution in [1.29, 1.82) is 10.7 Å². The number of thiophene rings is 1. The maximum Gasteiger partial charge on any atom is 0.435 e. The number of anilines is 1. The van der Waals surface area contributed by atoms with E-state index in [1.807, 2.05) is 6.07 Å². The summed E-state index contributed by atoms with van der Waals surface area (Å²) in [5.74, 6) is 0. The summed E-state index contributed by atoms with van der Waals surface area (Å²) in [4.78, 5) is 0.517. The molecule has 0 aliphatic rings. The van der Waals surface area contributed by atoms with Gasteiger partial charge in [0.1, 0.15) is 10.9 Å². The maximum atomic E-state index is 14.3. The lowest BCUT2D eigenvalue weighted by atomic mass is 9.94. The van der Waals surface area contributed by atoms with Gasteiger partial charge in [0.25, 0.3) is 0 Å². The molecule has 0 saturated heterocycles. The molecule has 172 valence electrons. The Balaban J connectivity index is 2.50. The highest BCUT2D eigenvalue weighted by molar-refractivity contribution is 7.14. The van der Waals surface area contributed by atoms with Gasteiger partial charge in [0.2, 0.25) is 0 Å². The summed E-state index contributed by atoms with van der Waals surface area (Å²) in [6.07, 6.45) is -10.7. The number of aliphatic hydroxyl groups is 1. The predicted molar refractivity (Wildman–Crippen MR) is 107 cm³/mol. The van der Waals surface area contributed by atoms with Crippen molar-refractivity contribution in [3.63, 3.8) is 0 Å². The van der Waals surface area contributed by atoms with E-state index in [-0.39, 0.29) is 28.3 Å². The number of halogens is 9. The Bertz CT molecular complexity index is 1070. The molecule has 0 radical (unpaired) electrons. The quantitative estimate of drug-likeness (QED) is 0.289. The molecule has 1 heterocycles. The lowest BCUT2D eigenvalue weighted by Gasteiger charge is -2.30. The van der Waals surface area contributed by atoms with E-state index in [1.54, 1.807) is 0 Å². The number of hydrogen-bond donors (Lipinski definition) is 3. The van der Waals surface area contributed by atoms with Crippen molar-refractivity contribution in [3.05, 3.63) is 55.3 Å². The zero-order chi connectivity index (χ0) is 24.5. The molecule has 0 fully saturated rings. The highest BCUT2D eigenvalue weighted by atomic mass is 35.5. The molecule has 3 N–H and O–H groups in total. The lowest BCUT2D eigenvalue weighted by molar-refractivity contribution is -0.348. The Morgan fingerprint density at radius 2 is 1.62 bits per heavy atom. The van der Waals surface area contributed by atoms with Crippen LogP contribution >= 0.6 is 34.5 Å². The number of aliphatic hydroxyl groups excluding tert-OH is 1. The van der Waals surface area contributed by atoms with Gasteiger partial charge in [-0.3, -0.25) is 0 Å². The minimum absolute atomic E-state index is 0.118. The fourth-order valence-electron chi connectivity index (χ4n) is 2.51. The molecule has 1 aromatic carbocycles. The van der Waals surface area contributed by atoms with Crippen molar-refractivity contribution < 1.29 is 35.8 Å². The van der Waals surface area contributed by atoms with E-state index in [9.17, 15) is 35.8 Å². The highest BCUT2D eigenvalue weighted by Gasteiger charge is 2.73. The second kappa shape index (κ2) is 9.27. The minimum Gasteiger partial charge on any atom is -0.392 e. The Morgan fingerprint density at radius 1 is 1.09 bits per heavy atom. The SMILES string of the molecule is N#Cc1sc(/C(C=N)=C/Nc2c(Cl)cc(C(F)(C(F)(F)F)C(F)(F)F)cc2Cl)cc1CO. The molecule has 2 rings (SSSR count). The van der Waals surface area contributed by atoms with Gasteiger partial charge in [0.15, 0.2) is 0 Å². The van der Waals surface area contributed by atoms with Gasteiger partial charge in [0, 0.05) is 34.0 Å². The smallest absolute Gasteiger partial charge is 0.392 e. The second-order valence-corrected chi connectivity index (χ2v) is 7.96. The molecule has 0 spiro atoms. The summed E-state index contributed by atoms with van der Waals surface area (Å²) in [5.41, 5.74) is -7.49. The van der Waals surface area contributed by atoms with E-state index in [0.29, 0.717) is 10.4 Å². The third kappa shape index (κ3) is 4.71. The van der Waals surface area contributed by atoms with Crippen LogP contribution in [-0.4, -0.2) is 23.7 Å². The van der Waals surface area contributed by atoms with Crippen molar-refractivity contribution in [1.82, 2.24) is 0 Å². The van der Waals surface area contributed by atoms with Gasteiger partial charge in [0.05, 0.1) is 22.3 Å². The molecule has 0 saturated carbocycles. The Morgan fingerprint density at radius 3 is 2.00 bits per heavy atom. The monoisotopic (exact) mass is 519 g/mol. The first-order valence-electron chi connectivity index (χ1n) is 8.14. The van der Waals surface area contributed by atoms with E-state index >= 15 is 0 Å². The third-order valence-corrected chi connectivity index (χ3v) is 5.84. The van der Waals surface area contributed by atoms with Crippen molar-refractivity contribution in [3.8, 4) is 6.07 Å². The molecule has 0 unspecified atom stereocenters. The van der Waals surface area contributed by atoms with Crippen LogP contribution in [0.1, 0.15) is 20.9 Å². The molecule has 0 aliphatic heterocycles. The normalized spacial score (nSPS) is 13.1. The van der Waals surface area contributed by atoms with E-state index in [1.165, 1.54) is 6.07 Å². The van der Waals surface area contributed by atoms with Crippen molar-refractivity contribution >= 4 is 52.0 Å². The number of alkyl halides is 7. The van der Waals surface area contributed by atoms with Gasteiger partial charge in [-0.2, -0.15) is 31.6 Å². The van der Waals surface area contributed by atoms with E-state index in [4.69, 9.17) is 33.9 Å². The average Bonchev–Trinajstić information content (AvgIpc) is 3.10. The number of rotatable bonds is 6. The Labute approximate surface area is 190 Å². The molecular weight excluding hydrogens is 510 g/mol. The molecule has 1 aromatic heterocycles. The van der Waals surface area contributed by atoms with Crippen LogP contribution in [0, 0.1) is 16.7 Å². The first-order valence-corrected chi connectivity index (χ1v) is 9.71. The zero-order valence-corrected chi connectivity index (χ0v) is 17.6. The summed E-state index contributed by atoms with van der Waals surface area (Å²) in [5, 5.41) is 26.7. The molecule has 0 aliphatic carbocycles. The average molecular weight is 520 g/mol. The molecular formula is C18H10Cl2F7N3OS. The summed E-state index contributed by atoms with van der Waals surface area (Å²) in [6.45, 7) is -0.444. The summed E-state index contributed by atoms with van der Waals surface area (Å²) >= 11 is 12.5. The number of hydrogen-bond acceptors (Lipinski definition) is 5. The van der Waals surface area contributed by atoms with Gasteiger partial charge in [-0.25, -0.2) is 4.39 Å². The summed E-state index contributed by atoms with van der Waals surface area (Å²) < 4.78 is 92.0. The largest absolute Gasteiger partial charge is 0.435 e. The standard InChI is InChI=1S/C18H10Cl2F7N3OS/c19-11-2-10(16(21,17(22,23)24)18(25,26)27)3-12(20)15(11)30-6-9(4-28)13-1-8(7-31)14(5-29)32-13/h1-4,6,28,30-31H,7H2/b9-6+,28-4?. The highest BCUT2D eigenvalue weighted by Crippen LogP contribution is 2.54. The van der Waals surface area contributed by atoms with Gasteiger partial charge in [-0.1, -0.05) is 23.2 Å². The number of benzene rings is 1. The van der Waals surface area contributed by atoms with Gasteiger partial charge in [-0.05, 0) is 18.2 Å². The fraction of sp³-hybridized carbons (Fsp3) is 0.222. The van der Waals surface area contributed by atoms with E-state index in [0.717, 1.165) is 23.8 Å². The first kappa shape index (κ1) is 25.9. The van der Waals surface area contributed by atoms with Gasteiger partial charge >= 0.3 is 18.0 Å². The van der Waals surface area contributed by atoms with Gasteiger partial charge < -0.3 is 15.8 Å². The fourth-order valence-corrected chi connectivity index (χ4v) is 4.07. The Hall–Kier alpha value is -2.33. The molecule has 0 atom stereocenters. The zero-order valence-electron chi connectivity index (χ0n) is 15.3. The van der Waals surface area contributed by atoms with Crippen LogP contribution in [-0.2, 0) is 12.3 Å². The molecule has 14 heteroatoms.